The zero-order valence-corrected chi connectivity index (χ0v) is 9.69. The van der Waals surface area contributed by atoms with Crippen LogP contribution in [0.15, 0.2) is 36.7 Å². The Morgan fingerprint density at radius 1 is 1.12 bits per heavy atom. The minimum atomic E-state index is 0.248. The van der Waals surface area contributed by atoms with Gasteiger partial charge >= 0.3 is 0 Å². The van der Waals surface area contributed by atoms with Crippen molar-refractivity contribution in [3.8, 4) is 11.8 Å². The summed E-state index contributed by atoms with van der Waals surface area (Å²) in [4.78, 5) is 4.19. The summed E-state index contributed by atoms with van der Waals surface area (Å²) in [6.45, 7) is 0.248. The second-order valence-corrected chi connectivity index (χ2v) is 3.89. The van der Waals surface area contributed by atoms with Gasteiger partial charge in [0.15, 0.2) is 0 Å². The number of fused-ring (bicyclic) bond motifs is 1. The SMILES string of the molecule is OCCCCC#Cc1cncc2ccccc12. The highest BCUT2D eigenvalue weighted by Gasteiger charge is 1.96. The third-order valence-electron chi connectivity index (χ3n) is 2.60. The van der Waals surface area contributed by atoms with Gasteiger partial charge in [0.1, 0.15) is 0 Å². The van der Waals surface area contributed by atoms with Crippen LogP contribution in [-0.2, 0) is 0 Å². The number of rotatable bonds is 3. The average molecular weight is 225 g/mol. The van der Waals surface area contributed by atoms with Gasteiger partial charge < -0.3 is 5.11 Å². The lowest BCUT2D eigenvalue weighted by molar-refractivity contribution is 0.285. The molecule has 0 spiro atoms. The molecular weight excluding hydrogens is 210 g/mol. The number of benzene rings is 1. The van der Waals surface area contributed by atoms with E-state index in [2.05, 4.69) is 22.9 Å². The average Bonchev–Trinajstić information content (AvgIpc) is 2.39. The molecule has 0 unspecified atom stereocenters. The Morgan fingerprint density at radius 2 is 2.00 bits per heavy atom. The molecule has 2 rings (SSSR count). The molecule has 0 aliphatic rings. The van der Waals surface area contributed by atoms with Gasteiger partial charge in [-0.15, -0.1) is 0 Å². The molecule has 2 nitrogen and oxygen atoms in total. The van der Waals surface area contributed by atoms with Gasteiger partial charge in [0.2, 0.25) is 0 Å². The Morgan fingerprint density at radius 3 is 2.88 bits per heavy atom. The van der Waals surface area contributed by atoms with E-state index < -0.39 is 0 Å². The number of hydrogen-bond donors (Lipinski definition) is 1. The van der Waals surface area contributed by atoms with Crippen LogP contribution in [0.3, 0.4) is 0 Å². The van der Waals surface area contributed by atoms with Crippen molar-refractivity contribution in [3.63, 3.8) is 0 Å². The van der Waals surface area contributed by atoms with Crippen LogP contribution < -0.4 is 0 Å². The van der Waals surface area contributed by atoms with E-state index >= 15 is 0 Å². The van der Waals surface area contributed by atoms with E-state index in [1.54, 1.807) is 6.20 Å². The smallest absolute Gasteiger partial charge is 0.0507 e. The predicted molar refractivity (Wildman–Crippen MR) is 69.6 cm³/mol. The first-order valence-corrected chi connectivity index (χ1v) is 5.84. The van der Waals surface area contributed by atoms with E-state index in [9.17, 15) is 0 Å². The second-order valence-electron chi connectivity index (χ2n) is 3.89. The van der Waals surface area contributed by atoms with E-state index in [1.165, 1.54) is 0 Å². The number of aliphatic hydroxyl groups excluding tert-OH is 1. The van der Waals surface area contributed by atoms with Crippen LogP contribution in [0.5, 0.6) is 0 Å². The number of aromatic nitrogens is 1. The molecule has 2 aromatic rings. The normalized spacial score (nSPS) is 9.94. The number of hydrogen-bond acceptors (Lipinski definition) is 2. The van der Waals surface area contributed by atoms with Gasteiger partial charge in [0.05, 0.1) is 5.56 Å². The standard InChI is InChI=1S/C15H15NO/c17-10-6-2-1-3-7-13-11-16-12-14-8-4-5-9-15(13)14/h4-5,8-9,11-12,17H,1-2,6,10H2. The van der Waals surface area contributed by atoms with E-state index in [-0.39, 0.29) is 6.61 Å². The summed E-state index contributed by atoms with van der Waals surface area (Å²) < 4.78 is 0. The summed E-state index contributed by atoms with van der Waals surface area (Å²) in [6, 6.07) is 8.12. The van der Waals surface area contributed by atoms with Gasteiger partial charge in [-0.25, -0.2) is 0 Å². The number of aliphatic hydroxyl groups is 1. The van der Waals surface area contributed by atoms with Crippen LogP contribution in [0.1, 0.15) is 24.8 Å². The Labute approximate surface area is 101 Å². The Hall–Kier alpha value is -1.85. The molecule has 0 amide bonds. The van der Waals surface area contributed by atoms with Gasteiger partial charge in [-0.2, -0.15) is 0 Å². The maximum atomic E-state index is 8.67. The van der Waals surface area contributed by atoms with E-state index in [0.717, 1.165) is 35.6 Å². The van der Waals surface area contributed by atoms with Crippen molar-refractivity contribution in [2.24, 2.45) is 0 Å². The van der Waals surface area contributed by atoms with Crippen molar-refractivity contribution < 1.29 is 5.11 Å². The summed E-state index contributed by atoms with van der Waals surface area (Å²) in [5, 5.41) is 10.9. The summed E-state index contributed by atoms with van der Waals surface area (Å²) >= 11 is 0. The van der Waals surface area contributed by atoms with Crippen molar-refractivity contribution >= 4 is 10.8 Å². The van der Waals surface area contributed by atoms with Gasteiger partial charge in [0.25, 0.3) is 0 Å². The van der Waals surface area contributed by atoms with Gasteiger partial charge in [-0.1, -0.05) is 36.1 Å². The first-order valence-electron chi connectivity index (χ1n) is 5.84. The molecule has 0 bridgehead atoms. The summed E-state index contributed by atoms with van der Waals surface area (Å²) in [7, 11) is 0. The Balaban J connectivity index is 2.18. The summed E-state index contributed by atoms with van der Waals surface area (Å²) in [5.74, 6) is 6.28. The van der Waals surface area contributed by atoms with Crippen molar-refractivity contribution in [2.75, 3.05) is 6.61 Å². The van der Waals surface area contributed by atoms with Crippen LogP contribution in [-0.4, -0.2) is 16.7 Å². The Bertz CT molecular complexity index is 546. The maximum Gasteiger partial charge on any atom is 0.0507 e. The lowest BCUT2D eigenvalue weighted by Crippen LogP contribution is -1.83. The summed E-state index contributed by atoms with van der Waals surface area (Å²) in [5.41, 5.74) is 0.979. The molecule has 0 radical (unpaired) electrons. The van der Waals surface area contributed by atoms with Gasteiger partial charge in [0, 0.05) is 36.2 Å². The molecule has 1 aromatic carbocycles. The maximum absolute atomic E-state index is 8.67. The molecule has 0 atom stereocenters. The highest BCUT2D eigenvalue weighted by Crippen LogP contribution is 2.15. The van der Waals surface area contributed by atoms with E-state index in [0.29, 0.717) is 0 Å². The quantitative estimate of drug-likeness (QED) is 0.643. The molecular formula is C15H15NO. The molecule has 2 heteroatoms. The minimum absolute atomic E-state index is 0.248. The monoisotopic (exact) mass is 225 g/mol. The predicted octanol–water partition coefficient (Wildman–Crippen LogP) is 2.75. The molecule has 1 aromatic heterocycles. The molecule has 86 valence electrons. The van der Waals surface area contributed by atoms with Crippen molar-refractivity contribution in [3.05, 3.63) is 42.2 Å². The minimum Gasteiger partial charge on any atom is -0.396 e. The third-order valence-corrected chi connectivity index (χ3v) is 2.60. The first kappa shape index (κ1) is 11.6. The molecule has 0 saturated heterocycles. The van der Waals surface area contributed by atoms with Crippen molar-refractivity contribution in [1.29, 1.82) is 0 Å². The second kappa shape index (κ2) is 6.03. The fourth-order valence-electron chi connectivity index (χ4n) is 1.70. The molecule has 17 heavy (non-hydrogen) atoms. The topological polar surface area (TPSA) is 33.1 Å². The van der Waals surface area contributed by atoms with Crippen LogP contribution >= 0.6 is 0 Å². The lowest BCUT2D eigenvalue weighted by Gasteiger charge is -1.98. The zero-order valence-electron chi connectivity index (χ0n) is 9.69. The van der Waals surface area contributed by atoms with Gasteiger partial charge in [-0.3, -0.25) is 4.98 Å². The highest BCUT2D eigenvalue weighted by molar-refractivity contribution is 5.87. The molecule has 0 aliphatic heterocycles. The van der Waals surface area contributed by atoms with Crippen LogP contribution in [0, 0.1) is 11.8 Å². The van der Waals surface area contributed by atoms with Crippen LogP contribution in [0.25, 0.3) is 10.8 Å². The number of unbranched alkanes of at least 4 members (excludes halogenated alkanes) is 2. The van der Waals surface area contributed by atoms with E-state index in [1.807, 2.05) is 24.4 Å². The molecule has 0 saturated carbocycles. The van der Waals surface area contributed by atoms with Crippen molar-refractivity contribution in [1.82, 2.24) is 4.98 Å². The number of nitrogens with zero attached hydrogens (tertiary/aromatic N) is 1. The molecule has 0 fully saturated rings. The van der Waals surface area contributed by atoms with Gasteiger partial charge in [-0.05, 0) is 12.8 Å². The highest BCUT2D eigenvalue weighted by atomic mass is 16.2. The van der Waals surface area contributed by atoms with Crippen molar-refractivity contribution in [2.45, 2.75) is 19.3 Å². The first-order chi connectivity index (χ1) is 8.42. The van der Waals surface area contributed by atoms with E-state index in [4.69, 9.17) is 5.11 Å². The largest absolute Gasteiger partial charge is 0.396 e. The van der Waals surface area contributed by atoms with Crippen LogP contribution in [0.4, 0.5) is 0 Å². The Kier molecular flexibility index (Phi) is 4.12. The summed E-state index contributed by atoms with van der Waals surface area (Å²) in [6.07, 6.45) is 6.25. The number of pyridine rings is 1. The zero-order chi connectivity index (χ0) is 11.9. The molecule has 1 heterocycles. The fourth-order valence-corrected chi connectivity index (χ4v) is 1.70. The molecule has 0 aliphatic carbocycles. The van der Waals surface area contributed by atoms with Crippen LogP contribution in [0.2, 0.25) is 0 Å². The third kappa shape index (κ3) is 3.05. The fraction of sp³-hybridized carbons (Fsp3) is 0.267. The lowest BCUT2D eigenvalue weighted by atomic mass is 10.1. The molecule has 1 N–H and O–H groups in total.